The van der Waals surface area contributed by atoms with Crippen LogP contribution in [-0.4, -0.2) is 11.0 Å². The lowest BCUT2D eigenvalue weighted by Crippen LogP contribution is -2.19. The van der Waals surface area contributed by atoms with Crippen LogP contribution in [-0.2, 0) is 0 Å². The molecule has 27 heavy (non-hydrogen) atoms. The van der Waals surface area contributed by atoms with Crippen LogP contribution in [0.3, 0.4) is 0 Å². The zero-order valence-electron chi connectivity index (χ0n) is 14.7. The summed E-state index contributed by atoms with van der Waals surface area (Å²) in [5, 5.41) is 7.34. The van der Waals surface area contributed by atoms with Gasteiger partial charge < -0.3 is 15.6 Å². The van der Waals surface area contributed by atoms with Crippen LogP contribution < -0.4 is 10.6 Å². The molecule has 0 fully saturated rings. The number of para-hydroxylation sites is 1. The molecule has 0 aliphatic heterocycles. The van der Waals surface area contributed by atoms with Gasteiger partial charge in [-0.1, -0.05) is 65.7 Å². The van der Waals surface area contributed by atoms with Crippen LogP contribution in [0.5, 0.6) is 0 Å². The Bertz CT molecular complexity index is 1120. The molecule has 0 atom stereocenters. The monoisotopic (exact) mass is 375 g/mol. The van der Waals surface area contributed by atoms with E-state index in [4.69, 9.17) is 11.6 Å². The molecule has 2 amide bonds. The SMILES string of the molecule is Cc1ccc(-c2[nH]c3ccccc3c2NC(=O)Nc2cccc(Cl)c2)cc1. The standard InChI is InChI=1S/C22H18ClN3O/c1-14-9-11-15(12-10-14)20-21(18-7-2-3-8-19(18)25-20)26-22(27)24-17-6-4-5-16(23)13-17/h2-13,25H,1H3,(H2,24,26,27). The second-order valence-corrected chi connectivity index (χ2v) is 6.81. The van der Waals surface area contributed by atoms with Crippen molar-refractivity contribution < 1.29 is 4.79 Å². The van der Waals surface area contributed by atoms with Crippen molar-refractivity contribution in [3.05, 3.63) is 83.4 Å². The highest BCUT2D eigenvalue weighted by Crippen LogP contribution is 2.35. The molecule has 5 heteroatoms. The number of amides is 2. The lowest BCUT2D eigenvalue weighted by molar-refractivity contribution is 0.262. The van der Waals surface area contributed by atoms with Gasteiger partial charge in [0.25, 0.3) is 0 Å². The fraction of sp³-hybridized carbons (Fsp3) is 0.0455. The fourth-order valence-electron chi connectivity index (χ4n) is 3.05. The minimum atomic E-state index is -0.324. The van der Waals surface area contributed by atoms with Crippen LogP contribution in [0.25, 0.3) is 22.2 Å². The Morgan fingerprint density at radius 1 is 0.926 bits per heavy atom. The molecular formula is C22H18ClN3O. The van der Waals surface area contributed by atoms with E-state index >= 15 is 0 Å². The third kappa shape index (κ3) is 3.66. The maximum atomic E-state index is 12.6. The van der Waals surface area contributed by atoms with E-state index in [-0.39, 0.29) is 6.03 Å². The highest BCUT2D eigenvalue weighted by atomic mass is 35.5. The molecule has 0 bridgehead atoms. The van der Waals surface area contributed by atoms with Gasteiger partial charge in [-0.15, -0.1) is 0 Å². The van der Waals surface area contributed by atoms with E-state index in [9.17, 15) is 4.79 Å². The number of hydrogen-bond donors (Lipinski definition) is 3. The number of carbonyl (C=O) groups excluding carboxylic acids is 1. The van der Waals surface area contributed by atoms with E-state index in [0.717, 1.165) is 27.8 Å². The Kier molecular flexibility index (Phi) is 4.57. The highest BCUT2D eigenvalue weighted by Gasteiger charge is 2.15. The predicted octanol–water partition coefficient (Wildman–Crippen LogP) is 6.44. The average molecular weight is 376 g/mol. The molecule has 0 saturated heterocycles. The molecule has 1 aromatic heterocycles. The Hall–Kier alpha value is -3.24. The normalized spacial score (nSPS) is 10.7. The smallest absolute Gasteiger partial charge is 0.323 e. The maximum absolute atomic E-state index is 12.6. The van der Waals surface area contributed by atoms with Crippen LogP contribution in [0.15, 0.2) is 72.8 Å². The number of halogens is 1. The summed E-state index contributed by atoms with van der Waals surface area (Å²) in [6.07, 6.45) is 0. The molecule has 3 N–H and O–H groups in total. The summed E-state index contributed by atoms with van der Waals surface area (Å²) in [5.74, 6) is 0. The number of carbonyl (C=O) groups is 1. The topological polar surface area (TPSA) is 56.9 Å². The largest absolute Gasteiger partial charge is 0.353 e. The number of hydrogen-bond acceptors (Lipinski definition) is 1. The summed E-state index contributed by atoms with van der Waals surface area (Å²) < 4.78 is 0. The average Bonchev–Trinajstić information content (AvgIpc) is 3.01. The summed E-state index contributed by atoms with van der Waals surface area (Å²) in [6, 6.07) is 22.8. The van der Waals surface area contributed by atoms with Crippen molar-refractivity contribution in [1.29, 1.82) is 0 Å². The summed E-state index contributed by atoms with van der Waals surface area (Å²) in [4.78, 5) is 16.0. The third-order valence-corrected chi connectivity index (χ3v) is 4.60. The number of benzene rings is 3. The summed E-state index contributed by atoms with van der Waals surface area (Å²) >= 11 is 5.99. The summed E-state index contributed by atoms with van der Waals surface area (Å²) in [7, 11) is 0. The van der Waals surface area contributed by atoms with Gasteiger partial charge in [0.2, 0.25) is 0 Å². The van der Waals surface area contributed by atoms with E-state index < -0.39 is 0 Å². The molecule has 4 nitrogen and oxygen atoms in total. The number of aromatic amines is 1. The number of fused-ring (bicyclic) bond motifs is 1. The maximum Gasteiger partial charge on any atom is 0.323 e. The molecule has 0 aliphatic rings. The first-order valence-electron chi connectivity index (χ1n) is 8.61. The minimum absolute atomic E-state index is 0.324. The highest BCUT2D eigenvalue weighted by molar-refractivity contribution is 6.31. The Balaban J connectivity index is 1.70. The third-order valence-electron chi connectivity index (χ3n) is 4.37. The number of H-pyrrole nitrogens is 1. The first kappa shape index (κ1) is 17.2. The molecule has 0 saturated carbocycles. The van der Waals surface area contributed by atoms with Gasteiger partial charge in [0.1, 0.15) is 0 Å². The quantitative estimate of drug-likeness (QED) is 0.379. The number of rotatable bonds is 3. The number of urea groups is 1. The van der Waals surface area contributed by atoms with Crippen molar-refractivity contribution in [2.24, 2.45) is 0 Å². The first-order valence-corrected chi connectivity index (χ1v) is 8.99. The number of aryl methyl sites for hydroxylation is 1. The van der Waals surface area contributed by atoms with Crippen LogP contribution in [0.4, 0.5) is 16.2 Å². The molecule has 0 unspecified atom stereocenters. The predicted molar refractivity (Wildman–Crippen MR) is 113 cm³/mol. The molecule has 134 valence electrons. The van der Waals surface area contributed by atoms with E-state index in [0.29, 0.717) is 10.7 Å². The summed E-state index contributed by atoms with van der Waals surface area (Å²) in [5.41, 5.74) is 5.41. The lowest BCUT2D eigenvalue weighted by atomic mass is 10.1. The van der Waals surface area contributed by atoms with Crippen molar-refractivity contribution >= 4 is 39.9 Å². The van der Waals surface area contributed by atoms with Gasteiger partial charge in [0, 0.05) is 27.2 Å². The van der Waals surface area contributed by atoms with Gasteiger partial charge >= 0.3 is 6.03 Å². The van der Waals surface area contributed by atoms with Crippen LogP contribution in [0.2, 0.25) is 5.02 Å². The molecule has 0 aliphatic carbocycles. The Morgan fingerprint density at radius 3 is 2.48 bits per heavy atom. The first-order chi connectivity index (χ1) is 13.1. The summed E-state index contributed by atoms with van der Waals surface area (Å²) in [6.45, 7) is 2.05. The zero-order chi connectivity index (χ0) is 18.8. The van der Waals surface area contributed by atoms with Gasteiger partial charge in [-0.05, 0) is 31.2 Å². The van der Waals surface area contributed by atoms with Gasteiger partial charge in [-0.25, -0.2) is 4.79 Å². The fourth-order valence-corrected chi connectivity index (χ4v) is 3.24. The lowest BCUT2D eigenvalue weighted by Gasteiger charge is -2.10. The molecular weight excluding hydrogens is 358 g/mol. The number of anilines is 2. The number of nitrogens with one attached hydrogen (secondary N) is 3. The van der Waals surface area contributed by atoms with E-state index in [1.165, 1.54) is 5.56 Å². The molecule has 4 aromatic rings. The molecule has 1 heterocycles. The van der Waals surface area contributed by atoms with Crippen molar-refractivity contribution in [2.75, 3.05) is 10.6 Å². The van der Waals surface area contributed by atoms with Gasteiger partial charge in [-0.2, -0.15) is 0 Å². The second-order valence-electron chi connectivity index (χ2n) is 6.38. The van der Waals surface area contributed by atoms with Crippen LogP contribution >= 0.6 is 11.6 Å². The van der Waals surface area contributed by atoms with Crippen molar-refractivity contribution in [2.45, 2.75) is 6.92 Å². The molecule has 0 radical (unpaired) electrons. The Morgan fingerprint density at radius 2 is 1.70 bits per heavy atom. The molecule has 0 spiro atoms. The van der Waals surface area contributed by atoms with Crippen molar-refractivity contribution in [3.63, 3.8) is 0 Å². The molecule has 3 aromatic carbocycles. The second kappa shape index (κ2) is 7.17. The van der Waals surface area contributed by atoms with Crippen LogP contribution in [0, 0.1) is 6.92 Å². The van der Waals surface area contributed by atoms with E-state index in [2.05, 4.69) is 27.8 Å². The van der Waals surface area contributed by atoms with Crippen molar-refractivity contribution in [3.8, 4) is 11.3 Å². The van der Waals surface area contributed by atoms with Gasteiger partial charge in [0.15, 0.2) is 0 Å². The van der Waals surface area contributed by atoms with E-state index in [1.807, 2.05) is 43.3 Å². The molecule has 4 rings (SSSR count). The van der Waals surface area contributed by atoms with E-state index in [1.54, 1.807) is 24.3 Å². The van der Waals surface area contributed by atoms with Gasteiger partial charge in [0.05, 0.1) is 11.4 Å². The Labute approximate surface area is 162 Å². The van der Waals surface area contributed by atoms with Gasteiger partial charge in [-0.3, -0.25) is 0 Å². The van der Waals surface area contributed by atoms with Crippen LogP contribution in [0.1, 0.15) is 5.56 Å². The van der Waals surface area contributed by atoms with Crippen molar-refractivity contribution in [1.82, 2.24) is 4.98 Å². The zero-order valence-corrected chi connectivity index (χ0v) is 15.5. The minimum Gasteiger partial charge on any atom is -0.353 e. The number of aromatic nitrogens is 1.